The van der Waals surface area contributed by atoms with Gasteiger partial charge in [0, 0.05) is 36.7 Å². The number of rotatable bonds is 1. The summed E-state index contributed by atoms with van der Waals surface area (Å²) in [6.07, 6.45) is 4.72. The molecule has 0 aliphatic carbocycles. The van der Waals surface area contributed by atoms with Crippen LogP contribution in [0.25, 0.3) is 0 Å². The van der Waals surface area contributed by atoms with Crippen LogP contribution in [0.5, 0.6) is 0 Å². The molecule has 2 unspecified atom stereocenters. The predicted octanol–water partition coefficient (Wildman–Crippen LogP) is 2.97. The summed E-state index contributed by atoms with van der Waals surface area (Å²) < 4.78 is 18.9. The molecule has 1 amide bonds. The van der Waals surface area contributed by atoms with Gasteiger partial charge in [0.1, 0.15) is 11.4 Å². The maximum Gasteiger partial charge on any atom is 0.410 e. The van der Waals surface area contributed by atoms with E-state index in [0.717, 1.165) is 19.0 Å². The molecule has 126 valence electrons. The predicted molar refractivity (Wildman–Crippen MR) is 82.2 cm³/mol. The summed E-state index contributed by atoms with van der Waals surface area (Å²) >= 11 is 0. The van der Waals surface area contributed by atoms with Crippen LogP contribution in [0.3, 0.4) is 0 Å². The number of fused-ring (bicyclic) bond motifs is 2. The van der Waals surface area contributed by atoms with E-state index < -0.39 is 17.0 Å². The highest BCUT2D eigenvalue weighted by Gasteiger charge is 2.51. The Kier molecular flexibility index (Phi) is 3.83. The van der Waals surface area contributed by atoms with Crippen LogP contribution in [0.15, 0.2) is 18.5 Å². The Morgan fingerprint density at radius 3 is 2.48 bits per heavy atom. The molecule has 2 aliphatic heterocycles. The number of carbonyl (C=O) groups excluding carboxylic acids is 1. The molecule has 3 rings (SSSR count). The van der Waals surface area contributed by atoms with Gasteiger partial charge in [0.25, 0.3) is 0 Å². The van der Waals surface area contributed by atoms with Gasteiger partial charge < -0.3 is 14.7 Å². The van der Waals surface area contributed by atoms with Crippen LogP contribution in [0, 0.1) is 5.82 Å². The average molecular weight is 322 g/mol. The second kappa shape index (κ2) is 5.44. The average Bonchev–Trinajstić information content (AvgIpc) is 2.70. The summed E-state index contributed by atoms with van der Waals surface area (Å²) in [6, 6.07) is 1.16. The Morgan fingerprint density at radius 2 is 1.96 bits per heavy atom. The first-order chi connectivity index (χ1) is 10.7. The number of halogens is 1. The van der Waals surface area contributed by atoms with E-state index in [-0.39, 0.29) is 18.2 Å². The molecule has 2 fully saturated rings. The number of ether oxygens (including phenoxy) is 1. The highest BCUT2D eigenvalue weighted by Crippen LogP contribution is 2.46. The molecule has 2 bridgehead atoms. The van der Waals surface area contributed by atoms with Crippen molar-refractivity contribution in [3.05, 3.63) is 29.8 Å². The molecular weight excluding hydrogens is 299 g/mol. The topological polar surface area (TPSA) is 62.7 Å². The molecule has 2 saturated heterocycles. The van der Waals surface area contributed by atoms with E-state index in [2.05, 4.69) is 4.98 Å². The van der Waals surface area contributed by atoms with Crippen LogP contribution in [-0.2, 0) is 10.3 Å². The van der Waals surface area contributed by atoms with E-state index in [0.29, 0.717) is 18.4 Å². The summed E-state index contributed by atoms with van der Waals surface area (Å²) in [5, 5.41) is 11.0. The van der Waals surface area contributed by atoms with Crippen molar-refractivity contribution in [1.29, 1.82) is 0 Å². The molecule has 0 radical (unpaired) electrons. The van der Waals surface area contributed by atoms with Gasteiger partial charge in [-0.1, -0.05) is 0 Å². The highest BCUT2D eigenvalue weighted by molar-refractivity contribution is 5.69. The van der Waals surface area contributed by atoms with Crippen molar-refractivity contribution < 1.29 is 19.0 Å². The first kappa shape index (κ1) is 16.2. The van der Waals surface area contributed by atoms with Crippen molar-refractivity contribution in [1.82, 2.24) is 9.88 Å². The van der Waals surface area contributed by atoms with E-state index in [1.54, 1.807) is 4.90 Å². The Balaban J connectivity index is 1.80. The maximum atomic E-state index is 13.4. The number of aliphatic hydroxyl groups is 1. The lowest BCUT2D eigenvalue weighted by Crippen LogP contribution is -2.53. The monoisotopic (exact) mass is 322 g/mol. The number of pyridine rings is 1. The summed E-state index contributed by atoms with van der Waals surface area (Å²) in [4.78, 5) is 18.0. The van der Waals surface area contributed by atoms with Gasteiger partial charge in [-0.2, -0.15) is 0 Å². The molecule has 6 heteroatoms. The summed E-state index contributed by atoms with van der Waals surface area (Å²) in [5.41, 5.74) is -1.20. The maximum absolute atomic E-state index is 13.4. The molecule has 0 aromatic carbocycles. The molecule has 1 N–H and O–H groups in total. The number of piperidine rings is 1. The smallest absolute Gasteiger partial charge is 0.410 e. The van der Waals surface area contributed by atoms with Crippen molar-refractivity contribution in [3.63, 3.8) is 0 Å². The molecule has 0 saturated carbocycles. The Labute approximate surface area is 135 Å². The minimum Gasteiger partial charge on any atom is -0.444 e. The lowest BCUT2D eigenvalue weighted by molar-refractivity contribution is -0.0627. The molecular formula is C17H23FN2O3. The van der Waals surface area contributed by atoms with Gasteiger partial charge in [0.15, 0.2) is 0 Å². The zero-order valence-electron chi connectivity index (χ0n) is 13.8. The van der Waals surface area contributed by atoms with Crippen LogP contribution in [-0.4, -0.2) is 38.8 Å². The second-order valence-corrected chi connectivity index (χ2v) is 7.60. The van der Waals surface area contributed by atoms with Gasteiger partial charge in [-0.05, 0) is 39.7 Å². The Hall–Kier alpha value is -1.69. The minimum absolute atomic E-state index is 0.0862. The molecule has 3 heterocycles. The molecule has 1 aromatic heterocycles. The van der Waals surface area contributed by atoms with Crippen LogP contribution >= 0.6 is 0 Å². The van der Waals surface area contributed by atoms with Crippen LogP contribution in [0.4, 0.5) is 9.18 Å². The van der Waals surface area contributed by atoms with E-state index in [1.165, 1.54) is 12.3 Å². The number of aromatic nitrogens is 1. The Bertz CT molecular complexity index is 600. The van der Waals surface area contributed by atoms with Gasteiger partial charge in [-0.15, -0.1) is 0 Å². The van der Waals surface area contributed by atoms with Crippen molar-refractivity contribution in [2.24, 2.45) is 0 Å². The van der Waals surface area contributed by atoms with Crippen LogP contribution in [0.2, 0.25) is 0 Å². The fourth-order valence-corrected chi connectivity index (χ4v) is 3.74. The molecule has 5 nitrogen and oxygen atoms in total. The molecule has 0 spiro atoms. The fourth-order valence-electron chi connectivity index (χ4n) is 3.74. The summed E-state index contributed by atoms with van der Waals surface area (Å²) in [5.74, 6) is -0.460. The van der Waals surface area contributed by atoms with Crippen molar-refractivity contribution >= 4 is 6.09 Å². The van der Waals surface area contributed by atoms with E-state index in [4.69, 9.17) is 4.74 Å². The van der Waals surface area contributed by atoms with Crippen molar-refractivity contribution in [2.75, 3.05) is 0 Å². The van der Waals surface area contributed by atoms with Crippen molar-refractivity contribution in [3.8, 4) is 0 Å². The van der Waals surface area contributed by atoms with E-state index in [1.807, 2.05) is 20.8 Å². The second-order valence-electron chi connectivity index (χ2n) is 7.60. The number of carbonyl (C=O) groups is 1. The Morgan fingerprint density at radius 1 is 1.35 bits per heavy atom. The number of amides is 1. The first-order valence-electron chi connectivity index (χ1n) is 8.03. The number of nitrogens with zero attached hydrogens (tertiary/aromatic N) is 2. The van der Waals surface area contributed by atoms with Gasteiger partial charge in [-0.3, -0.25) is 4.98 Å². The van der Waals surface area contributed by atoms with Gasteiger partial charge in [0.2, 0.25) is 0 Å². The molecule has 2 aliphatic rings. The molecule has 2 atom stereocenters. The third kappa shape index (κ3) is 3.17. The third-order valence-corrected chi connectivity index (χ3v) is 4.61. The van der Waals surface area contributed by atoms with Gasteiger partial charge in [-0.25, -0.2) is 9.18 Å². The highest BCUT2D eigenvalue weighted by atomic mass is 19.1. The van der Waals surface area contributed by atoms with Crippen molar-refractivity contribution in [2.45, 2.75) is 69.7 Å². The lowest BCUT2D eigenvalue weighted by atomic mass is 9.81. The SMILES string of the molecule is CC(C)(C)OC(=O)N1C2CCC1CC(O)(c1cncc(F)c1)C2. The summed E-state index contributed by atoms with van der Waals surface area (Å²) in [6.45, 7) is 5.52. The first-order valence-corrected chi connectivity index (χ1v) is 8.03. The van der Waals surface area contributed by atoms with Gasteiger partial charge in [0.05, 0.1) is 11.8 Å². The minimum atomic E-state index is -1.14. The fraction of sp³-hybridized carbons (Fsp3) is 0.647. The number of hydrogen-bond acceptors (Lipinski definition) is 4. The van der Waals surface area contributed by atoms with Crippen LogP contribution in [0.1, 0.15) is 52.0 Å². The van der Waals surface area contributed by atoms with E-state index >= 15 is 0 Å². The third-order valence-electron chi connectivity index (χ3n) is 4.61. The van der Waals surface area contributed by atoms with Gasteiger partial charge >= 0.3 is 6.09 Å². The standard InChI is InChI=1S/C17H23FN2O3/c1-16(2,3)23-15(21)20-13-4-5-14(20)8-17(22,7-13)11-6-12(18)10-19-9-11/h6,9-10,13-14,22H,4-5,7-8H2,1-3H3. The lowest BCUT2D eigenvalue weighted by Gasteiger charge is -2.44. The molecule has 23 heavy (non-hydrogen) atoms. The number of hydrogen-bond donors (Lipinski definition) is 1. The normalized spacial score (nSPS) is 30.4. The quantitative estimate of drug-likeness (QED) is 0.863. The zero-order valence-corrected chi connectivity index (χ0v) is 13.8. The van der Waals surface area contributed by atoms with E-state index in [9.17, 15) is 14.3 Å². The largest absolute Gasteiger partial charge is 0.444 e. The zero-order chi connectivity index (χ0) is 16.8. The van der Waals surface area contributed by atoms with Crippen LogP contribution < -0.4 is 0 Å². The summed E-state index contributed by atoms with van der Waals surface area (Å²) in [7, 11) is 0. The molecule has 1 aromatic rings.